The number of aromatic nitrogens is 1. The van der Waals surface area contributed by atoms with E-state index in [1.165, 1.54) is 15.6 Å². The molecule has 0 aromatic carbocycles. The molecule has 0 aliphatic rings. The van der Waals surface area contributed by atoms with E-state index in [4.69, 9.17) is 0 Å². The molecule has 1 N–H and O–H groups in total. The molecule has 1 heterocycles. The van der Waals surface area contributed by atoms with Crippen LogP contribution in [0.1, 0.15) is 30.8 Å². The second-order valence-corrected chi connectivity index (χ2v) is 8.07. The highest BCUT2D eigenvalue weighted by molar-refractivity contribution is 7.89. The molecule has 0 saturated heterocycles. The van der Waals surface area contributed by atoms with Gasteiger partial charge in [0.15, 0.2) is 0 Å². The summed E-state index contributed by atoms with van der Waals surface area (Å²) in [6.07, 6.45) is 1.00. The Morgan fingerprint density at radius 3 is 2.74 bits per heavy atom. The highest BCUT2D eigenvalue weighted by Crippen LogP contribution is 2.17. The maximum Gasteiger partial charge on any atom is 0.218 e. The molecule has 1 atom stereocenters. The normalized spacial score (nSPS) is 13.9. The van der Waals surface area contributed by atoms with Crippen LogP contribution in [0.4, 0.5) is 0 Å². The summed E-state index contributed by atoms with van der Waals surface area (Å²) in [7, 11) is -1.63. The van der Waals surface area contributed by atoms with E-state index in [0.29, 0.717) is 13.1 Å². The molecule has 0 radical (unpaired) electrons. The maximum absolute atomic E-state index is 12.3. The molecule has 110 valence electrons. The van der Waals surface area contributed by atoms with Crippen molar-refractivity contribution < 1.29 is 8.42 Å². The molecule has 0 aliphatic carbocycles. The van der Waals surface area contributed by atoms with Gasteiger partial charge in [0.1, 0.15) is 0 Å². The van der Waals surface area contributed by atoms with E-state index in [1.807, 2.05) is 6.92 Å². The Bertz CT molecular complexity index is 485. The number of rotatable bonds is 8. The summed E-state index contributed by atoms with van der Waals surface area (Å²) in [6.45, 7) is 7.44. The molecule has 1 unspecified atom stereocenters. The Morgan fingerprint density at radius 1 is 1.53 bits per heavy atom. The van der Waals surface area contributed by atoms with Crippen LogP contribution in [0.2, 0.25) is 0 Å². The summed E-state index contributed by atoms with van der Waals surface area (Å²) in [5, 5.41) is 2.73. The summed E-state index contributed by atoms with van der Waals surface area (Å²) < 4.78 is 26.1. The van der Waals surface area contributed by atoms with Crippen LogP contribution < -0.4 is 5.32 Å². The molecule has 1 aromatic rings. The second-order valence-electron chi connectivity index (χ2n) is 4.68. The van der Waals surface area contributed by atoms with Crippen LogP contribution in [0.15, 0.2) is 5.51 Å². The van der Waals surface area contributed by atoms with Gasteiger partial charge in [0, 0.05) is 25.0 Å². The van der Waals surface area contributed by atoms with Crippen LogP contribution >= 0.6 is 11.3 Å². The lowest BCUT2D eigenvalue weighted by atomic mass is 10.4. The van der Waals surface area contributed by atoms with Crippen LogP contribution in [-0.2, 0) is 16.6 Å². The third kappa shape index (κ3) is 4.52. The first-order chi connectivity index (χ1) is 8.89. The van der Waals surface area contributed by atoms with E-state index in [0.717, 1.165) is 23.5 Å². The summed E-state index contributed by atoms with van der Waals surface area (Å²) >= 11 is 1.49. The first-order valence-corrected chi connectivity index (χ1v) is 8.82. The number of nitrogens with zero attached hydrogens (tertiary/aromatic N) is 2. The largest absolute Gasteiger partial charge is 0.315 e. The molecule has 0 aliphatic heterocycles. The average molecular weight is 305 g/mol. The molecule has 1 aromatic heterocycles. The van der Waals surface area contributed by atoms with Gasteiger partial charge in [-0.1, -0.05) is 6.92 Å². The zero-order chi connectivity index (χ0) is 14.5. The van der Waals surface area contributed by atoms with Gasteiger partial charge >= 0.3 is 0 Å². The molecule has 0 spiro atoms. The lowest BCUT2D eigenvalue weighted by molar-refractivity contribution is 0.455. The predicted octanol–water partition coefficient (Wildman–Crippen LogP) is 1.60. The van der Waals surface area contributed by atoms with E-state index in [1.54, 1.807) is 19.5 Å². The topological polar surface area (TPSA) is 62.3 Å². The van der Waals surface area contributed by atoms with Crippen molar-refractivity contribution in [1.29, 1.82) is 0 Å². The van der Waals surface area contributed by atoms with Gasteiger partial charge in [0.2, 0.25) is 10.0 Å². The van der Waals surface area contributed by atoms with E-state index >= 15 is 0 Å². The minimum absolute atomic E-state index is 0.400. The van der Waals surface area contributed by atoms with Crippen molar-refractivity contribution in [2.75, 3.05) is 20.1 Å². The van der Waals surface area contributed by atoms with Crippen LogP contribution in [0, 0.1) is 6.92 Å². The molecule has 1 rings (SSSR count). The zero-order valence-electron chi connectivity index (χ0n) is 12.0. The van der Waals surface area contributed by atoms with Crippen molar-refractivity contribution in [2.24, 2.45) is 0 Å². The van der Waals surface area contributed by atoms with Gasteiger partial charge < -0.3 is 5.32 Å². The molecule has 19 heavy (non-hydrogen) atoms. The Labute approximate surface area is 120 Å². The number of nitrogens with one attached hydrogen (secondary N) is 1. The number of thiazole rings is 1. The fraction of sp³-hybridized carbons (Fsp3) is 0.750. The fourth-order valence-electron chi connectivity index (χ4n) is 1.66. The van der Waals surface area contributed by atoms with Crippen LogP contribution in [0.3, 0.4) is 0 Å². The van der Waals surface area contributed by atoms with Crippen molar-refractivity contribution in [1.82, 2.24) is 14.6 Å². The fourth-order valence-corrected chi connectivity index (χ4v) is 3.83. The maximum atomic E-state index is 12.3. The first-order valence-electron chi connectivity index (χ1n) is 6.44. The summed E-state index contributed by atoms with van der Waals surface area (Å²) in [4.78, 5) is 5.14. The number of aryl methyl sites for hydroxylation is 1. The lowest BCUT2D eigenvalue weighted by Crippen LogP contribution is -2.39. The molecule has 0 amide bonds. The van der Waals surface area contributed by atoms with E-state index in [9.17, 15) is 8.42 Å². The highest BCUT2D eigenvalue weighted by atomic mass is 32.2. The zero-order valence-corrected chi connectivity index (χ0v) is 13.6. The minimum atomic E-state index is -3.26. The van der Waals surface area contributed by atoms with Gasteiger partial charge in [-0.25, -0.2) is 13.4 Å². The minimum Gasteiger partial charge on any atom is -0.315 e. The van der Waals surface area contributed by atoms with E-state index in [2.05, 4.69) is 17.2 Å². The van der Waals surface area contributed by atoms with Gasteiger partial charge in [-0.3, -0.25) is 0 Å². The monoisotopic (exact) mass is 305 g/mol. The Morgan fingerprint density at radius 2 is 2.21 bits per heavy atom. The third-order valence-electron chi connectivity index (χ3n) is 3.01. The van der Waals surface area contributed by atoms with Crippen molar-refractivity contribution in [2.45, 2.75) is 39.0 Å². The molecular formula is C12H23N3O2S2. The predicted molar refractivity (Wildman–Crippen MR) is 79.9 cm³/mol. The van der Waals surface area contributed by atoms with Gasteiger partial charge in [0.05, 0.1) is 16.5 Å². The van der Waals surface area contributed by atoms with Gasteiger partial charge in [0.25, 0.3) is 0 Å². The van der Waals surface area contributed by atoms with Gasteiger partial charge in [-0.05, 0) is 26.8 Å². The quantitative estimate of drug-likeness (QED) is 0.741. The lowest BCUT2D eigenvalue weighted by Gasteiger charge is -2.22. The van der Waals surface area contributed by atoms with Gasteiger partial charge in [-0.15, -0.1) is 11.3 Å². The summed E-state index contributed by atoms with van der Waals surface area (Å²) in [5.41, 5.74) is 2.65. The van der Waals surface area contributed by atoms with Crippen molar-refractivity contribution in [3.63, 3.8) is 0 Å². The molecule has 0 saturated carbocycles. The van der Waals surface area contributed by atoms with Crippen molar-refractivity contribution in [3.05, 3.63) is 16.1 Å². The van der Waals surface area contributed by atoms with Crippen molar-refractivity contribution in [3.8, 4) is 0 Å². The van der Waals surface area contributed by atoms with Crippen LogP contribution in [0.5, 0.6) is 0 Å². The SMILES string of the molecule is CCCNCC(C)S(=O)(=O)N(C)Cc1scnc1C. The molecule has 0 fully saturated rings. The Kier molecular flexibility index (Phi) is 6.38. The van der Waals surface area contributed by atoms with E-state index < -0.39 is 15.3 Å². The number of hydrogen-bond acceptors (Lipinski definition) is 5. The smallest absolute Gasteiger partial charge is 0.218 e. The average Bonchev–Trinajstić information content (AvgIpc) is 2.75. The molecule has 5 nitrogen and oxygen atoms in total. The molecular weight excluding hydrogens is 282 g/mol. The van der Waals surface area contributed by atoms with Crippen molar-refractivity contribution >= 4 is 21.4 Å². The number of sulfonamides is 1. The van der Waals surface area contributed by atoms with Crippen LogP contribution in [-0.4, -0.2) is 43.1 Å². The van der Waals surface area contributed by atoms with Crippen LogP contribution in [0.25, 0.3) is 0 Å². The van der Waals surface area contributed by atoms with E-state index in [-0.39, 0.29) is 0 Å². The Hall–Kier alpha value is -0.500. The first kappa shape index (κ1) is 16.6. The third-order valence-corrected chi connectivity index (χ3v) is 6.11. The number of hydrogen-bond donors (Lipinski definition) is 1. The summed E-state index contributed by atoms with van der Waals surface area (Å²) in [5.74, 6) is 0. The molecule has 7 heteroatoms. The Balaban J connectivity index is 2.63. The molecule has 0 bridgehead atoms. The summed E-state index contributed by atoms with van der Waals surface area (Å²) in [6, 6.07) is 0. The highest BCUT2D eigenvalue weighted by Gasteiger charge is 2.26. The second kappa shape index (κ2) is 7.33. The van der Waals surface area contributed by atoms with Gasteiger partial charge in [-0.2, -0.15) is 4.31 Å². The standard InChI is InChI=1S/C12H23N3O2S2/c1-5-6-13-7-10(2)19(16,17)15(4)8-12-11(3)14-9-18-12/h9-10,13H,5-8H2,1-4H3.